The fraction of sp³-hybridized carbons (Fsp3) is 0.294. The lowest BCUT2D eigenvalue weighted by Crippen LogP contribution is -2.48. The molecule has 4 aromatic rings. The molecule has 1 fully saturated rings. The Morgan fingerprint density at radius 1 is 0.810 bits per heavy atom. The number of aryl methyl sites for hydroxylation is 4. The monoisotopic (exact) mass is 578 g/mol. The number of nitrogens with one attached hydrogen (secondary N) is 2. The average molecular weight is 579 g/mol. The van der Waals surface area contributed by atoms with Crippen molar-refractivity contribution in [3.8, 4) is 0 Å². The third kappa shape index (κ3) is 6.66. The van der Waals surface area contributed by atoms with E-state index < -0.39 is 5.60 Å². The summed E-state index contributed by atoms with van der Waals surface area (Å²) >= 11 is 5.69. The molecule has 7 nitrogen and oxygen atoms in total. The minimum atomic E-state index is -1.10. The summed E-state index contributed by atoms with van der Waals surface area (Å²) in [6.45, 7) is 9.41. The molecule has 0 bridgehead atoms. The Morgan fingerprint density at radius 2 is 1.38 bits per heavy atom. The van der Waals surface area contributed by atoms with Gasteiger partial charge in [0, 0.05) is 30.2 Å². The van der Waals surface area contributed by atoms with Gasteiger partial charge in [0.2, 0.25) is 17.0 Å². The predicted molar refractivity (Wildman–Crippen MR) is 175 cm³/mol. The average Bonchev–Trinajstić information content (AvgIpc) is 2.99. The van der Waals surface area contributed by atoms with E-state index in [-0.39, 0.29) is 5.92 Å². The lowest BCUT2D eigenvalue weighted by atomic mass is 9.72. The van der Waals surface area contributed by atoms with Gasteiger partial charge in [-0.15, -0.1) is 0 Å². The van der Waals surface area contributed by atoms with Crippen molar-refractivity contribution in [1.82, 2.24) is 14.9 Å². The van der Waals surface area contributed by atoms with Crippen LogP contribution in [0.25, 0.3) is 0 Å². The molecule has 1 aliphatic heterocycles. The number of thiocarbonyl (C=S) groups is 1. The molecule has 3 N–H and O–H groups in total. The minimum absolute atomic E-state index is 0.0119. The SMILES string of the molecule is Cc1cc(C)nc(N/C(=N/C(=S)Nc2ccc(C)c(C)c2)N2CCC(C(O)(c3ccccc3)c3ccccc3)CC2)n1. The van der Waals surface area contributed by atoms with Crippen molar-refractivity contribution in [2.75, 3.05) is 23.7 Å². The number of anilines is 2. The maximum atomic E-state index is 12.3. The van der Waals surface area contributed by atoms with E-state index in [1.165, 1.54) is 11.1 Å². The van der Waals surface area contributed by atoms with Crippen LogP contribution < -0.4 is 10.6 Å². The van der Waals surface area contributed by atoms with E-state index in [2.05, 4.69) is 51.5 Å². The van der Waals surface area contributed by atoms with Crippen LogP contribution in [0.1, 0.15) is 46.5 Å². The lowest BCUT2D eigenvalue weighted by Gasteiger charge is -2.43. The van der Waals surface area contributed by atoms with E-state index in [4.69, 9.17) is 17.2 Å². The van der Waals surface area contributed by atoms with Crippen LogP contribution in [0.4, 0.5) is 11.6 Å². The summed E-state index contributed by atoms with van der Waals surface area (Å²) in [5.74, 6) is 1.08. The molecular weight excluding hydrogens is 540 g/mol. The van der Waals surface area contributed by atoms with Crippen LogP contribution in [0.3, 0.4) is 0 Å². The van der Waals surface area contributed by atoms with Gasteiger partial charge in [-0.1, -0.05) is 66.7 Å². The molecule has 3 aromatic carbocycles. The summed E-state index contributed by atoms with van der Waals surface area (Å²) in [7, 11) is 0. The zero-order valence-corrected chi connectivity index (χ0v) is 25.4. The maximum Gasteiger partial charge on any atom is 0.229 e. The number of aliphatic hydroxyl groups is 1. The number of nitrogens with zero attached hydrogens (tertiary/aromatic N) is 4. The van der Waals surface area contributed by atoms with Gasteiger partial charge >= 0.3 is 0 Å². The van der Waals surface area contributed by atoms with Crippen molar-refractivity contribution in [2.45, 2.75) is 46.1 Å². The quantitative estimate of drug-likeness (QED) is 0.141. The van der Waals surface area contributed by atoms with Crippen molar-refractivity contribution in [3.05, 3.63) is 119 Å². The zero-order chi connectivity index (χ0) is 29.7. The van der Waals surface area contributed by atoms with Crippen molar-refractivity contribution in [2.24, 2.45) is 10.9 Å². The number of piperidine rings is 1. The Hall–Kier alpha value is -4.14. The molecule has 0 amide bonds. The van der Waals surface area contributed by atoms with E-state index >= 15 is 0 Å². The summed E-state index contributed by atoms with van der Waals surface area (Å²) in [5.41, 5.74) is 5.75. The Kier molecular flexibility index (Phi) is 8.94. The Labute approximate surface area is 253 Å². The first kappa shape index (κ1) is 29.4. The minimum Gasteiger partial charge on any atom is -0.380 e. The molecule has 42 heavy (non-hydrogen) atoms. The first-order valence-corrected chi connectivity index (χ1v) is 14.8. The highest BCUT2D eigenvalue weighted by atomic mass is 32.1. The molecular formula is C34H38N6OS. The number of hydrogen-bond donors (Lipinski definition) is 3. The fourth-order valence-corrected chi connectivity index (χ4v) is 5.86. The highest BCUT2D eigenvalue weighted by molar-refractivity contribution is 7.80. The third-order valence-corrected chi connectivity index (χ3v) is 8.18. The number of aromatic nitrogens is 2. The van der Waals surface area contributed by atoms with Gasteiger partial charge in [-0.3, -0.25) is 5.32 Å². The van der Waals surface area contributed by atoms with Crippen LogP contribution in [0.2, 0.25) is 0 Å². The molecule has 8 heteroatoms. The van der Waals surface area contributed by atoms with Crippen molar-refractivity contribution < 1.29 is 5.11 Å². The smallest absolute Gasteiger partial charge is 0.229 e. The van der Waals surface area contributed by atoms with E-state index in [1.54, 1.807) is 0 Å². The molecule has 216 valence electrons. The van der Waals surface area contributed by atoms with Gasteiger partial charge in [0.1, 0.15) is 5.60 Å². The summed E-state index contributed by atoms with van der Waals surface area (Å²) in [6, 6.07) is 28.0. The van der Waals surface area contributed by atoms with Crippen LogP contribution >= 0.6 is 12.2 Å². The van der Waals surface area contributed by atoms with E-state index in [9.17, 15) is 5.11 Å². The van der Waals surface area contributed by atoms with Crippen molar-refractivity contribution >= 4 is 34.9 Å². The fourth-order valence-electron chi connectivity index (χ4n) is 5.66. The molecule has 0 saturated carbocycles. The third-order valence-electron chi connectivity index (χ3n) is 7.98. The van der Waals surface area contributed by atoms with Gasteiger partial charge in [0.25, 0.3) is 0 Å². The van der Waals surface area contributed by atoms with E-state index in [1.807, 2.05) is 86.6 Å². The van der Waals surface area contributed by atoms with Gasteiger partial charge in [-0.05, 0) is 99.1 Å². The van der Waals surface area contributed by atoms with Gasteiger partial charge in [-0.2, -0.15) is 4.99 Å². The predicted octanol–water partition coefficient (Wildman–Crippen LogP) is 6.52. The summed E-state index contributed by atoms with van der Waals surface area (Å²) < 4.78 is 0. The van der Waals surface area contributed by atoms with E-state index in [0.29, 0.717) is 30.1 Å². The second-order valence-electron chi connectivity index (χ2n) is 11.0. The van der Waals surface area contributed by atoms with Crippen LogP contribution in [-0.2, 0) is 5.60 Å². The summed E-state index contributed by atoms with van der Waals surface area (Å²) in [4.78, 5) is 16.1. The molecule has 1 saturated heterocycles. The highest BCUT2D eigenvalue weighted by Gasteiger charge is 2.42. The number of guanidine groups is 1. The number of aliphatic imine (C=N–C) groups is 1. The molecule has 0 unspecified atom stereocenters. The Balaban J connectivity index is 1.41. The first-order valence-electron chi connectivity index (χ1n) is 14.4. The normalized spacial score (nSPS) is 14.5. The summed E-state index contributed by atoms with van der Waals surface area (Å²) in [5, 5.41) is 19.3. The highest BCUT2D eigenvalue weighted by Crippen LogP contribution is 2.42. The van der Waals surface area contributed by atoms with Crippen LogP contribution in [-0.4, -0.2) is 44.1 Å². The topological polar surface area (TPSA) is 85.7 Å². The summed E-state index contributed by atoms with van der Waals surface area (Å²) in [6.07, 6.45) is 1.51. The van der Waals surface area contributed by atoms with Crippen molar-refractivity contribution in [3.63, 3.8) is 0 Å². The van der Waals surface area contributed by atoms with Crippen LogP contribution in [0.15, 0.2) is 89.9 Å². The number of hydrogen-bond acceptors (Lipinski definition) is 4. The first-order chi connectivity index (χ1) is 20.2. The Morgan fingerprint density at radius 3 is 1.93 bits per heavy atom. The molecule has 1 aromatic heterocycles. The van der Waals surface area contributed by atoms with Gasteiger partial charge in [-0.25, -0.2) is 9.97 Å². The van der Waals surface area contributed by atoms with Gasteiger partial charge < -0.3 is 15.3 Å². The molecule has 0 radical (unpaired) electrons. The van der Waals surface area contributed by atoms with Gasteiger partial charge in [0.05, 0.1) is 0 Å². The van der Waals surface area contributed by atoms with E-state index in [0.717, 1.165) is 41.0 Å². The second kappa shape index (κ2) is 12.8. The zero-order valence-electron chi connectivity index (χ0n) is 24.6. The molecule has 0 aliphatic carbocycles. The number of likely N-dealkylation sites (tertiary alicyclic amines) is 1. The molecule has 2 heterocycles. The second-order valence-corrected chi connectivity index (χ2v) is 11.4. The molecule has 5 rings (SSSR count). The largest absolute Gasteiger partial charge is 0.380 e. The van der Waals surface area contributed by atoms with Crippen LogP contribution in [0, 0.1) is 33.6 Å². The molecule has 0 atom stereocenters. The van der Waals surface area contributed by atoms with Gasteiger partial charge in [0.15, 0.2) is 0 Å². The lowest BCUT2D eigenvalue weighted by molar-refractivity contribution is -0.00653. The Bertz CT molecular complexity index is 1510. The number of benzene rings is 3. The standard InChI is InChI=1S/C34H38N6OS/c1-23-15-16-30(21-24(23)2)37-33(42)39-32(38-31-35-25(3)22-26(4)36-31)40-19-17-29(18-20-40)34(41,27-11-7-5-8-12-27)28-13-9-6-10-14-28/h5-16,21-22,29,41H,17-20H2,1-4H3,(H2,35,36,37,38,39,42). The van der Waals surface area contributed by atoms with Crippen molar-refractivity contribution in [1.29, 1.82) is 0 Å². The molecule has 1 aliphatic rings. The van der Waals surface area contributed by atoms with Crippen LogP contribution in [0.5, 0.6) is 0 Å². The molecule has 0 spiro atoms. The number of rotatable bonds is 5. The maximum absolute atomic E-state index is 12.3.